The molecule has 7 N–H and O–H groups in total. The van der Waals surface area contributed by atoms with Gasteiger partial charge >= 0.3 is 0 Å². The zero-order valence-corrected chi connectivity index (χ0v) is 15.7. The lowest BCUT2D eigenvalue weighted by atomic mass is 10.1. The largest absolute Gasteiger partial charge is 0.383 e. The van der Waals surface area contributed by atoms with Crippen LogP contribution in [0, 0.1) is 0 Å². The van der Waals surface area contributed by atoms with Gasteiger partial charge in [0.2, 0.25) is 5.95 Å². The van der Waals surface area contributed by atoms with Gasteiger partial charge in [-0.25, -0.2) is 4.98 Å². The maximum absolute atomic E-state index is 6.23. The number of rotatable bonds is 5. The van der Waals surface area contributed by atoms with Gasteiger partial charge in [0.05, 0.1) is 5.69 Å². The standard InChI is InChI=1S/C22H21N7/c23-11-16-10-17-19(27-16)2-1-3-20(17)28-22-26-12-15(21(24)29-22)9-13-4-5-18-14(8-13)6-7-25-18/h1-8,10,12,25,27H,9,11,23H2,(H3,24,26,28,29). The first kappa shape index (κ1) is 17.3. The first-order valence-corrected chi connectivity index (χ1v) is 9.45. The van der Waals surface area contributed by atoms with Crippen LogP contribution in [-0.2, 0) is 13.0 Å². The van der Waals surface area contributed by atoms with Crippen molar-refractivity contribution in [3.63, 3.8) is 0 Å². The number of anilines is 3. The van der Waals surface area contributed by atoms with Crippen LogP contribution in [-0.4, -0.2) is 19.9 Å². The fraction of sp³-hybridized carbons (Fsp3) is 0.0909. The third kappa shape index (κ3) is 3.28. The van der Waals surface area contributed by atoms with Crippen molar-refractivity contribution in [2.45, 2.75) is 13.0 Å². The molecule has 0 aliphatic heterocycles. The average Bonchev–Trinajstić information content (AvgIpc) is 3.36. The summed E-state index contributed by atoms with van der Waals surface area (Å²) in [5.74, 6) is 0.941. The second kappa shape index (κ2) is 6.96. The van der Waals surface area contributed by atoms with Crippen molar-refractivity contribution < 1.29 is 0 Å². The second-order valence-electron chi connectivity index (χ2n) is 7.07. The maximum atomic E-state index is 6.23. The Hall–Kier alpha value is -3.84. The first-order valence-electron chi connectivity index (χ1n) is 9.45. The Morgan fingerprint density at radius 1 is 1.03 bits per heavy atom. The molecule has 0 saturated carbocycles. The van der Waals surface area contributed by atoms with Crippen LogP contribution in [0.4, 0.5) is 17.5 Å². The molecule has 0 bridgehead atoms. The summed E-state index contributed by atoms with van der Waals surface area (Å²) in [7, 11) is 0. The van der Waals surface area contributed by atoms with E-state index in [0.717, 1.165) is 33.4 Å². The molecule has 0 aliphatic carbocycles. The Morgan fingerprint density at radius 2 is 1.97 bits per heavy atom. The lowest BCUT2D eigenvalue weighted by Gasteiger charge is -2.09. The highest BCUT2D eigenvalue weighted by Gasteiger charge is 2.09. The topological polar surface area (TPSA) is 121 Å². The maximum Gasteiger partial charge on any atom is 0.229 e. The molecule has 3 aromatic heterocycles. The van der Waals surface area contributed by atoms with Crippen LogP contribution in [0.3, 0.4) is 0 Å². The highest BCUT2D eigenvalue weighted by atomic mass is 15.1. The Labute approximate surface area is 167 Å². The predicted molar refractivity (Wildman–Crippen MR) is 117 cm³/mol. The van der Waals surface area contributed by atoms with E-state index < -0.39 is 0 Å². The van der Waals surface area contributed by atoms with Crippen molar-refractivity contribution in [1.29, 1.82) is 0 Å². The molecule has 0 radical (unpaired) electrons. The van der Waals surface area contributed by atoms with Gasteiger partial charge < -0.3 is 26.8 Å². The van der Waals surface area contributed by atoms with Crippen LogP contribution in [0.2, 0.25) is 0 Å². The van der Waals surface area contributed by atoms with Gasteiger partial charge in [-0.05, 0) is 47.3 Å². The molecule has 0 fully saturated rings. The summed E-state index contributed by atoms with van der Waals surface area (Å²) < 4.78 is 0. The molecule has 0 unspecified atom stereocenters. The van der Waals surface area contributed by atoms with Crippen molar-refractivity contribution >= 4 is 39.3 Å². The minimum absolute atomic E-state index is 0.459. The molecular formula is C22H21N7. The van der Waals surface area contributed by atoms with Crippen LogP contribution in [0.5, 0.6) is 0 Å². The van der Waals surface area contributed by atoms with E-state index in [0.29, 0.717) is 24.7 Å². The number of aromatic nitrogens is 4. The lowest BCUT2D eigenvalue weighted by Crippen LogP contribution is -2.04. The van der Waals surface area contributed by atoms with E-state index >= 15 is 0 Å². The number of fused-ring (bicyclic) bond motifs is 2. The number of nitrogens with two attached hydrogens (primary N) is 2. The predicted octanol–water partition coefficient (Wildman–Crippen LogP) is 3.81. The molecule has 0 saturated heterocycles. The van der Waals surface area contributed by atoms with Crippen molar-refractivity contribution in [3.05, 3.63) is 77.7 Å². The van der Waals surface area contributed by atoms with Gasteiger partial charge in [-0.3, -0.25) is 0 Å². The number of H-pyrrole nitrogens is 2. The number of hydrogen-bond donors (Lipinski definition) is 5. The summed E-state index contributed by atoms with van der Waals surface area (Å²) in [6, 6.07) is 16.4. The highest BCUT2D eigenvalue weighted by molar-refractivity contribution is 5.93. The fourth-order valence-corrected chi connectivity index (χ4v) is 3.60. The molecule has 0 atom stereocenters. The molecular weight excluding hydrogens is 362 g/mol. The van der Waals surface area contributed by atoms with Crippen molar-refractivity contribution in [2.24, 2.45) is 5.73 Å². The summed E-state index contributed by atoms with van der Waals surface area (Å²) in [6.07, 6.45) is 4.41. The van der Waals surface area contributed by atoms with Crippen LogP contribution < -0.4 is 16.8 Å². The van der Waals surface area contributed by atoms with Gasteiger partial charge in [-0.2, -0.15) is 4.98 Å². The summed E-state index contributed by atoms with van der Waals surface area (Å²) in [6.45, 7) is 0.459. The molecule has 144 valence electrons. The number of benzene rings is 2. The summed E-state index contributed by atoms with van der Waals surface area (Å²) in [5, 5.41) is 5.49. The van der Waals surface area contributed by atoms with Gasteiger partial charge in [-0.1, -0.05) is 12.1 Å². The van der Waals surface area contributed by atoms with Gasteiger partial charge in [-0.15, -0.1) is 0 Å². The molecule has 3 heterocycles. The third-order valence-corrected chi connectivity index (χ3v) is 5.10. The molecule has 7 heteroatoms. The molecule has 5 aromatic rings. The smallest absolute Gasteiger partial charge is 0.229 e. The summed E-state index contributed by atoms with van der Waals surface area (Å²) >= 11 is 0. The number of nitrogens with one attached hydrogen (secondary N) is 3. The molecule has 0 spiro atoms. The SMILES string of the molecule is NCc1cc2c(Nc3ncc(Cc4ccc5[nH]ccc5c4)c(N)n3)cccc2[nH]1. The quantitative estimate of drug-likeness (QED) is 0.316. The van der Waals surface area contributed by atoms with E-state index in [2.05, 4.69) is 49.5 Å². The average molecular weight is 383 g/mol. The molecule has 0 amide bonds. The van der Waals surface area contributed by atoms with E-state index in [1.54, 1.807) is 6.20 Å². The normalized spacial score (nSPS) is 11.3. The van der Waals surface area contributed by atoms with Crippen molar-refractivity contribution in [3.8, 4) is 0 Å². The van der Waals surface area contributed by atoms with E-state index in [1.807, 2.05) is 30.5 Å². The Balaban J connectivity index is 1.40. The molecule has 29 heavy (non-hydrogen) atoms. The minimum Gasteiger partial charge on any atom is -0.383 e. The van der Waals surface area contributed by atoms with Crippen molar-refractivity contribution in [2.75, 3.05) is 11.1 Å². The third-order valence-electron chi connectivity index (χ3n) is 5.10. The van der Waals surface area contributed by atoms with Gasteiger partial charge in [0.25, 0.3) is 0 Å². The highest BCUT2D eigenvalue weighted by Crippen LogP contribution is 2.27. The molecule has 5 rings (SSSR count). The van der Waals surface area contributed by atoms with Crippen LogP contribution in [0.15, 0.2) is 60.9 Å². The Kier molecular flexibility index (Phi) is 4.14. The Morgan fingerprint density at radius 3 is 2.83 bits per heavy atom. The molecule has 7 nitrogen and oxygen atoms in total. The van der Waals surface area contributed by atoms with E-state index in [-0.39, 0.29) is 0 Å². The first-order chi connectivity index (χ1) is 14.2. The van der Waals surface area contributed by atoms with E-state index in [1.165, 1.54) is 10.9 Å². The minimum atomic E-state index is 0.459. The lowest BCUT2D eigenvalue weighted by molar-refractivity contribution is 1.02. The monoisotopic (exact) mass is 383 g/mol. The van der Waals surface area contributed by atoms with E-state index in [4.69, 9.17) is 11.5 Å². The van der Waals surface area contributed by atoms with Gasteiger partial charge in [0, 0.05) is 53.0 Å². The zero-order chi connectivity index (χ0) is 19.8. The Bertz CT molecular complexity index is 1320. The van der Waals surface area contributed by atoms with Gasteiger partial charge in [0.15, 0.2) is 0 Å². The number of nitrogens with zero attached hydrogens (tertiary/aromatic N) is 2. The second-order valence-corrected chi connectivity index (χ2v) is 7.07. The van der Waals surface area contributed by atoms with Gasteiger partial charge in [0.1, 0.15) is 5.82 Å². The number of nitrogen functional groups attached to an aromatic ring is 1. The fourth-order valence-electron chi connectivity index (χ4n) is 3.60. The number of aromatic amines is 2. The molecule has 0 aliphatic rings. The van der Waals surface area contributed by atoms with Crippen LogP contribution in [0.25, 0.3) is 21.8 Å². The summed E-state index contributed by atoms with van der Waals surface area (Å²) in [4.78, 5) is 15.4. The summed E-state index contributed by atoms with van der Waals surface area (Å²) in [5.41, 5.74) is 18.1. The zero-order valence-electron chi connectivity index (χ0n) is 15.7. The van der Waals surface area contributed by atoms with Crippen LogP contribution >= 0.6 is 0 Å². The number of hydrogen-bond acceptors (Lipinski definition) is 5. The molecule has 2 aromatic carbocycles. The van der Waals surface area contributed by atoms with Crippen molar-refractivity contribution in [1.82, 2.24) is 19.9 Å². The van der Waals surface area contributed by atoms with E-state index in [9.17, 15) is 0 Å². The van der Waals surface area contributed by atoms with Crippen LogP contribution in [0.1, 0.15) is 16.8 Å².